The molecule has 0 radical (unpaired) electrons. The number of carbonyl (C=O) groups is 2. The fraction of sp³-hybridized carbons (Fsp3) is 0.333. The van der Waals surface area contributed by atoms with Gasteiger partial charge in [0, 0.05) is 23.7 Å². The number of hydrogen-bond acceptors (Lipinski definition) is 3. The average molecular weight is 385 g/mol. The smallest absolute Gasteiger partial charge is 0.262 e. The second-order valence-electron chi connectivity index (χ2n) is 7.11. The number of rotatable bonds is 3. The lowest BCUT2D eigenvalue weighted by Gasteiger charge is -2.32. The van der Waals surface area contributed by atoms with Crippen LogP contribution < -0.4 is 10.1 Å². The highest BCUT2D eigenvalue weighted by atomic mass is 35.5. The summed E-state index contributed by atoms with van der Waals surface area (Å²) >= 11 is 5.94. The van der Waals surface area contributed by atoms with E-state index < -0.39 is 0 Å². The van der Waals surface area contributed by atoms with Crippen LogP contribution in [-0.4, -0.2) is 36.4 Å². The van der Waals surface area contributed by atoms with Gasteiger partial charge >= 0.3 is 0 Å². The first kappa shape index (κ1) is 17.9. The minimum absolute atomic E-state index is 0.00238. The van der Waals surface area contributed by atoms with E-state index in [1.54, 1.807) is 18.2 Å². The molecule has 2 aromatic rings. The number of nitrogens with zero attached hydrogens (tertiary/aromatic N) is 1. The largest absolute Gasteiger partial charge is 0.482 e. The Hall–Kier alpha value is -2.53. The van der Waals surface area contributed by atoms with E-state index in [2.05, 4.69) is 17.4 Å². The lowest BCUT2D eigenvalue weighted by molar-refractivity contribution is -0.118. The molecule has 0 unspecified atom stereocenters. The normalized spacial score (nSPS) is 17.1. The predicted octanol–water partition coefficient (Wildman–Crippen LogP) is 3.77. The van der Waals surface area contributed by atoms with Gasteiger partial charge in [-0.3, -0.25) is 9.59 Å². The number of hydrogen-bond donors (Lipinski definition) is 1. The lowest BCUT2D eigenvalue weighted by Crippen LogP contribution is -2.39. The van der Waals surface area contributed by atoms with Crippen LogP contribution in [0.3, 0.4) is 0 Å². The Morgan fingerprint density at radius 1 is 1.15 bits per heavy atom. The molecule has 1 N–H and O–H groups in total. The summed E-state index contributed by atoms with van der Waals surface area (Å²) in [7, 11) is 0. The van der Waals surface area contributed by atoms with Gasteiger partial charge in [0.25, 0.3) is 11.8 Å². The third-order valence-corrected chi connectivity index (χ3v) is 5.45. The van der Waals surface area contributed by atoms with E-state index in [1.165, 1.54) is 5.56 Å². The number of likely N-dealkylation sites (tertiary alicyclic amines) is 1. The van der Waals surface area contributed by atoms with Crippen molar-refractivity contribution in [2.24, 2.45) is 5.92 Å². The molecule has 140 valence electrons. The Morgan fingerprint density at radius 3 is 2.63 bits per heavy atom. The first-order valence-corrected chi connectivity index (χ1v) is 9.57. The minimum Gasteiger partial charge on any atom is -0.482 e. The summed E-state index contributed by atoms with van der Waals surface area (Å²) in [5, 5.41) is 3.51. The highest BCUT2D eigenvalue weighted by Crippen LogP contribution is 2.30. The summed E-state index contributed by atoms with van der Waals surface area (Å²) in [6, 6.07) is 13.2. The van der Waals surface area contributed by atoms with E-state index >= 15 is 0 Å². The Bertz CT molecular complexity index is 858. The fourth-order valence-electron chi connectivity index (χ4n) is 3.69. The van der Waals surface area contributed by atoms with Gasteiger partial charge in [0.05, 0.1) is 5.69 Å². The Labute approximate surface area is 163 Å². The van der Waals surface area contributed by atoms with Crippen molar-refractivity contribution in [3.63, 3.8) is 0 Å². The van der Waals surface area contributed by atoms with Crippen molar-refractivity contribution in [2.45, 2.75) is 19.3 Å². The Kier molecular flexibility index (Phi) is 5.03. The number of ether oxygens (including phenoxy) is 1. The van der Waals surface area contributed by atoms with Gasteiger partial charge < -0.3 is 15.0 Å². The van der Waals surface area contributed by atoms with Gasteiger partial charge in [0.1, 0.15) is 5.75 Å². The molecule has 0 aliphatic carbocycles. The van der Waals surface area contributed by atoms with Crippen molar-refractivity contribution >= 4 is 29.1 Å². The topological polar surface area (TPSA) is 58.6 Å². The molecule has 1 fully saturated rings. The molecule has 0 atom stereocenters. The first-order valence-electron chi connectivity index (χ1n) is 9.19. The Balaban J connectivity index is 1.36. The fourth-order valence-corrected chi connectivity index (χ4v) is 3.82. The van der Waals surface area contributed by atoms with Crippen LogP contribution in [0.25, 0.3) is 0 Å². The molecule has 0 saturated carbocycles. The van der Waals surface area contributed by atoms with Crippen molar-refractivity contribution in [1.82, 2.24) is 4.90 Å². The lowest BCUT2D eigenvalue weighted by atomic mass is 9.90. The molecule has 0 spiro atoms. The van der Waals surface area contributed by atoms with Crippen molar-refractivity contribution < 1.29 is 14.3 Å². The molecule has 5 nitrogen and oxygen atoms in total. The van der Waals surface area contributed by atoms with Crippen molar-refractivity contribution in [2.75, 3.05) is 25.0 Å². The third-order valence-electron chi connectivity index (χ3n) is 5.20. The molecule has 0 aromatic heterocycles. The highest BCUT2D eigenvalue weighted by Gasteiger charge is 2.25. The zero-order valence-corrected chi connectivity index (χ0v) is 15.7. The molecule has 0 bridgehead atoms. The van der Waals surface area contributed by atoms with E-state index in [4.69, 9.17) is 16.3 Å². The van der Waals surface area contributed by atoms with Gasteiger partial charge in [0.2, 0.25) is 0 Å². The van der Waals surface area contributed by atoms with Gasteiger partial charge in [0.15, 0.2) is 6.61 Å². The van der Waals surface area contributed by atoms with Crippen LogP contribution in [-0.2, 0) is 11.2 Å². The summed E-state index contributed by atoms with van der Waals surface area (Å²) in [5.74, 6) is 0.983. The quantitative estimate of drug-likeness (QED) is 0.876. The molecular weight excluding hydrogens is 364 g/mol. The number of fused-ring (bicyclic) bond motifs is 1. The number of anilines is 1. The van der Waals surface area contributed by atoms with Crippen LogP contribution in [0.1, 0.15) is 28.8 Å². The van der Waals surface area contributed by atoms with Crippen LogP contribution in [0.5, 0.6) is 5.75 Å². The van der Waals surface area contributed by atoms with Gasteiger partial charge in [-0.2, -0.15) is 0 Å². The maximum Gasteiger partial charge on any atom is 0.262 e. The molecular formula is C21H21ClN2O3. The maximum atomic E-state index is 12.8. The van der Waals surface area contributed by atoms with Crippen LogP contribution in [0.4, 0.5) is 5.69 Å². The molecule has 4 rings (SSSR count). The monoisotopic (exact) mass is 384 g/mol. The highest BCUT2D eigenvalue weighted by molar-refractivity contribution is 6.30. The molecule has 2 aliphatic rings. The number of carbonyl (C=O) groups excluding carboxylic acids is 2. The van der Waals surface area contributed by atoms with Crippen LogP contribution >= 0.6 is 11.6 Å². The van der Waals surface area contributed by atoms with Gasteiger partial charge in [-0.15, -0.1) is 0 Å². The van der Waals surface area contributed by atoms with Gasteiger partial charge in [-0.1, -0.05) is 23.7 Å². The van der Waals surface area contributed by atoms with E-state index in [1.807, 2.05) is 17.0 Å². The predicted molar refractivity (Wildman–Crippen MR) is 104 cm³/mol. The summed E-state index contributed by atoms with van der Waals surface area (Å²) < 4.78 is 5.35. The van der Waals surface area contributed by atoms with Crippen LogP contribution in [0, 0.1) is 5.92 Å². The zero-order valence-electron chi connectivity index (χ0n) is 14.9. The summed E-state index contributed by atoms with van der Waals surface area (Å²) in [6.45, 7) is 1.51. The number of benzene rings is 2. The molecule has 2 aromatic carbocycles. The summed E-state index contributed by atoms with van der Waals surface area (Å²) in [5.41, 5.74) is 2.43. The molecule has 27 heavy (non-hydrogen) atoms. The number of amides is 2. The van der Waals surface area contributed by atoms with E-state index in [9.17, 15) is 9.59 Å². The van der Waals surface area contributed by atoms with Crippen molar-refractivity contribution in [3.8, 4) is 5.75 Å². The van der Waals surface area contributed by atoms with Gasteiger partial charge in [-0.05, 0) is 61.1 Å². The minimum atomic E-state index is -0.199. The van der Waals surface area contributed by atoms with Crippen molar-refractivity contribution in [1.29, 1.82) is 0 Å². The first-order chi connectivity index (χ1) is 13.1. The SMILES string of the molecule is O=C1COc2ccc(C(=O)N3CCC(Cc4ccc(Cl)cc4)CC3)cc2N1. The molecule has 1 saturated heterocycles. The standard InChI is InChI=1S/C21H21ClN2O3/c22-17-4-1-14(2-5-17)11-15-7-9-24(10-8-15)21(26)16-3-6-19-18(12-16)23-20(25)13-27-19/h1-6,12,15H,7-11,13H2,(H,23,25). The zero-order chi connectivity index (χ0) is 18.8. The number of halogens is 1. The molecule has 2 amide bonds. The van der Waals surface area contributed by atoms with Crippen LogP contribution in [0.2, 0.25) is 5.02 Å². The number of nitrogens with one attached hydrogen (secondary N) is 1. The maximum absolute atomic E-state index is 12.8. The van der Waals surface area contributed by atoms with Gasteiger partial charge in [-0.25, -0.2) is 0 Å². The van der Waals surface area contributed by atoms with Crippen LogP contribution in [0.15, 0.2) is 42.5 Å². The molecule has 6 heteroatoms. The molecule has 2 aliphatic heterocycles. The average Bonchev–Trinajstić information content (AvgIpc) is 2.69. The summed E-state index contributed by atoms with van der Waals surface area (Å²) in [6.07, 6.45) is 2.99. The second-order valence-corrected chi connectivity index (χ2v) is 7.55. The third kappa shape index (κ3) is 4.08. The van der Waals surface area contributed by atoms with Crippen molar-refractivity contribution in [3.05, 3.63) is 58.6 Å². The second kappa shape index (κ2) is 7.61. The summed E-state index contributed by atoms with van der Waals surface area (Å²) in [4.78, 5) is 26.2. The number of piperidine rings is 1. The van der Waals surface area contributed by atoms with E-state index in [-0.39, 0.29) is 18.4 Å². The van der Waals surface area contributed by atoms with E-state index in [0.717, 1.165) is 37.4 Å². The molecule has 2 heterocycles. The van der Waals surface area contributed by atoms with E-state index in [0.29, 0.717) is 22.9 Å². The Morgan fingerprint density at radius 2 is 1.89 bits per heavy atom.